The molecule has 112 valence electrons. The number of unbranched alkanes of at least 4 members (excludes halogenated alkanes) is 1. The number of rotatable bonds is 11. The average molecular weight is 266 g/mol. The smallest absolute Gasteiger partial charge is 0.0357 e. The Morgan fingerprint density at radius 2 is 1.68 bits per heavy atom. The number of hydrogen-bond acceptors (Lipinski definition) is 2. The minimum atomic E-state index is 0.272. The predicted molar refractivity (Wildman–Crippen MR) is 86.4 cm³/mol. The second kappa shape index (κ2) is 10.3. The van der Waals surface area contributed by atoms with Crippen molar-refractivity contribution in [2.75, 3.05) is 19.6 Å². The highest BCUT2D eigenvalue weighted by Gasteiger charge is 2.38. The normalized spacial score (nSPS) is 13.5. The molecule has 0 spiro atoms. The highest BCUT2D eigenvalue weighted by atomic mass is 15.2. The predicted octanol–water partition coefficient (Wildman–Crippen LogP) is 3.67. The zero-order chi connectivity index (χ0) is 14.7. The van der Waals surface area contributed by atoms with E-state index in [-0.39, 0.29) is 5.54 Å². The van der Waals surface area contributed by atoms with E-state index in [0.717, 1.165) is 32.5 Å². The van der Waals surface area contributed by atoms with E-state index in [0.29, 0.717) is 6.04 Å². The fraction of sp³-hybridized carbons (Fsp3) is 0.882. The molecule has 0 saturated carbocycles. The Labute approximate surface area is 121 Å². The van der Waals surface area contributed by atoms with Crippen molar-refractivity contribution in [2.45, 2.75) is 78.3 Å². The summed E-state index contributed by atoms with van der Waals surface area (Å²) in [4.78, 5) is 2.64. The molecular formula is C17H34N2. The molecule has 0 amide bonds. The van der Waals surface area contributed by atoms with E-state index in [4.69, 9.17) is 6.42 Å². The van der Waals surface area contributed by atoms with Crippen molar-refractivity contribution in [3.63, 3.8) is 0 Å². The van der Waals surface area contributed by atoms with Crippen molar-refractivity contribution < 1.29 is 0 Å². The summed E-state index contributed by atoms with van der Waals surface area (Å²) in [5, 5.41) is 3.72. The Bertz CT molecular complexity index is 246. The largest absolute Gasteiger partial charge is 0.312 e. The number of terminal acetylenes is 1. The minimum Gasteiger partial charge on any atom is -0.312 e. The summed E-state index contributed by atoms with van der Waals surface area (Å²) in [5.74, 6) is 2.77. The number of nitrogens with one attached hydrogen (secondary N) is 1. The van der Waals surface area contributed by atoms with Crippen LogP contribution in [0.3, 0.4) is 0 Å². The van der Waals surface area contributed by atoms with Crippen molar-refractivity contribution in [1.82, 2.24) is 10.2 Å². The summed E-state index contributed by atoms with van der Waals surface area (Å²) < 4.78 is 0. The summed E-state index contributed by atoms with van der Waals surface area (Å²) >= 11 is 0. The maximum atomic E-state index is 5.39. The van der Waals surface area contributed by atoms with Crippen LogP contribution in [-0.4, -0.2) is 36.1 Å². The van der Waals surface area contributed by atoms with Gasteiger partial charge in [0.15, 0.2) is 0 Å². The van der Waals surface area contributed by atoms with Crippen LogP contribution in [0.1, 0.15) is 66.7 Å². The first kappa shape index (κ1) is 18.5. The minimum absolute atomic E-state index is 0.272. The van der Waals surface area contributed by atoms with E-state index in [1.165, 1.54) is 19.3 Å². The van der Waals surface area contributed by atoms with Gasteiger partial charge < -0.3 is 5.32 Å². The van der Waals surface area contributed by atoms with Crippen LogP contribution in [0.4, 0.5) is 0 Å². The van der Waals surface area contributed by atoms with E-state index in [9.17, 15) is 0 Å². The molecule has 0 saturated heterocycles. The van der Waals surface area contributed by atoms with Crippen LogP contribution in [-0.2, 0) is 0 Å². The van der Waals surface area contributed by atoms with Gasteiger partial charge in [-0.3, -0.25) is 4.90 Å². The van der Waals surface area contributed by atoms with Crippen LogP contribution in [0.5, 0.6) is 0 Å². The molecule has 19 heavy (non-hydrogen) atoms. The van der Waals surface area contributed by atoms with E-state index < -0.39 is 0 Å². The van der Waals surface area contributed by atoms with Crippen molar-refractivity contribution in [2.24, 2.45) is 0 Å². The molecule has 0 aromatic carbocycles. The van der Waals surface area contributed by atoms with Crippen molar-refractivity contribution >= 4 is 0 Å². The fourth-order valence-electron chi connectivity index (χ4n) is 3.48. The lowest BCUT2D eigenvalue weighted by Crippen LogP contribution is -2.60. The van der Waals surface area contributed by atoms with Crippen LogP contribution in [0.2, 0.25) is 0 Å². The summed E-state index contributed by atoms with van der Waals surface area (Å²) in [5.41, 5.74) is 0.272. The topological polar surface area (TPSA) is 15.3 Å². The molecular weight excluding hydrogens is 232 g/mol. The van der Waals surface area contributed by atoms with Crippen LogP contribution >= 0.6 is 0 Å². The molecule has 2 heteroatoms. The molecule has 1 N–H and O–H groups in total. The van der Waals surface area contributed by atoms with Gasteiger partial charge in [-0.05, 0) is 45.3 Å². The molecule has 0 aliphatic carbocycles. The van der Waals surface area contributed by atoms with Gasteiger partial charge in [0.1, 0.15) is 0 Å². The molecule has 0 rings (SSSR count). The average Bonchev–Trinajstić information content (AvgIpc) is 2.44. The van der Waals surface area contributed by atoms with Crippen LogP contribution in [0, 0.1) is 12.3 Å². The monoisotopic (exact) mass is 266 g/mol. The maximum absolute atomic E-state index is 5.39. The summed E-state index contributed by atoms with van der Waals surface area (Å²) in [6, 6.07) is 0.542. The Morgan fingerprint density at radius 3 is 2.05 bits per heavy atom. The van der Waals surface area contributed by atoms with Gasteiger partial charge in [0.2, 0.25) is 0 Å². The van der Waals surface area contributed by atoms with Crippen LogP contribution in [0.15, 0.2) is 0 Å². The van der Waals surface area contributed by atoms with Gasteiger partial charge in [0.05, 0.1) is 0 Å². The van der Waals surface area contributed by atoms with Gasteiger partial charge in [0, 0.05) is 18.0 Å². The molecule has 0 radical (unpaired) electrons. The zero-order valence-corrected chi connectivity index (χ0v) is 13.8. The Balaban J connectivity index is 5.07. The number of likely N-dealkylation sites (N-methyl/N-ethyl adjacent to an activating group) is 2. The Kier molecular flexibility index (Phi) is 10.0. The van der Waals surface area contributed by atoms with E-state index in [2.05, 4.69) is 50.8 Å². The number of nitrogens with zero attached hydrogens (tertiary/aromatic N) is 1. The van der Waals surface area contributed by atoms with E-state index in [1.807, 2.05) is 0 Å². The van der Waals surface area contributed by atoms with Gasteiger partial charge >= 0.3 is 0 Å². The molecule has 0 aliphatic rings. The molecule has 0 bridgehead atoms. The molecule has 1 atom stereocenters. The highest BCUT2D eigenvalue weighted by molar-refractivity contribution is 4.99. The number of hydrogen-bond donors (Lipinski definition) is 1. The molecule has 0 aliphatic heterocycles. The van der Waals surface area contributed by atoms with Crippen LogP contribution in [0.25, 0.3) is 0 Å². The molecule has 0 aromatic rings. The van der Waals surface area contributed by atoms with Gasteiger partial charge in [-0.1, -0.05) is 34.6 Å². The molecule has 1 unspecified atom stereocenters. The Hall–Kier alpha value is -0.520. The second-order valence-electron chi connectivity index (χ2n) is 5.19. The van der Waals surface area contributed by atoms with Crippen LogP contribution < -0.4 is 5.32 Å². The van der Waals surface area contributed by atoms with Crippen molar-refractivity contribution in [3.05, 3.63) is 0 Å². The molecule has 0 heterocycles. The third-order valence-electron chi connectivity index (χ3n) is 4.53. The van der Waals surface area contributed by atoms with E-state index >= 15 is 0 Å². The standard InChI is InChI=1S/C17H34N2/c1-7-13-14-15-16(18-10-4)17(8-2,9-3)19(11-5)12-6/h1,16,18H,8-15H2,2-6H3. The lowest BCUT2D eigenvalue weighted by Gasteiger charge is -2.48. The maximum Gasteiger partial charge on any atom is 0.0357 e. The van der Waals surface area contributed by atoms with Gasteiger partial charge in [-0.15, -0.1) is 12.3 Å². The zero-order valence-electron chi connectivity index (χ0n) is 13.8. The molecule has 0 fully saturated rings. The molecule has 0 aromatic heterocycles. The van der Waals surface area contributed by atoms with Crippen molar-refractivity contribution in [1.29, 1.82) is 0 Å². The lowest BCUT2D eigenvalue weighted by atomic mass is 9.80. The summed E-state index contributed by atoms with van der Waals surface area (Å²) in [7, 11) is 0. The first-order valence-electron chi connectivity index (χ1n) is 8.08. The van der Waals surface area contributed by atoms with Gasteiger partial charge in [-0.2, -0.15) is 0 Å². The van der Waals surface area contributed by atoms with Gasteiger partial charge in [0.25, 0.3) is 0 Å². The third-order valence-corrected chi connectivity index (χ3v) is 4.53. The highest BCUT2D eigenvalue weighted by Crippen LogP contribution is 2.30. The second-order valence-corrected chi connectivity index (χ2v) is 5.19. The first-order chi connectivity index (χ1) is 9.16. The third kappa shape index (κ3) is 4.82. The fourth-order valence-corrected chi connectivity index (χ4v) is 3.48. The first-order valence-corrected chi connectivity index (χ1v) is 8.08. The molecule has 2 nitrogen and oxygen atoms in total. The van der Waals surface area contributed by atoms with E-state index in [1.54, 1.807) is 0 Å². The SMILES string of the molecule is C#CCCCC(NCC)C(CC)(CC)N(CC)CC. The quantitative estimate of drug-likeness (QED) is 0.453. The van der Waals surface area contributed by atoms with Gasteiger partial charge in [-0.25, -0.2) is 0 Å². The van der Waals surface area contributed by atoms with Crippen molar-refractivity contribution in [3.8, 4) is 12.3 Å². The summed E-state index contributed by atoms with van der Waals surface area (Å²) in [6.07, 6.45) is 11.0. The lowest BCUT2D eigenvalue weighted by molar-refractivity contribution is 0.0461. The summed E-state index contributed by atoms with van der Waals surface area (Å²) in [6.45, 7) is 14.7. The Morgan fingerprint density at radius 1 is 1.11 bits per heavy atom.